The van der Waals surface area contributed by atoms with Crippen LogP contribution < -0.4 is 5.56 Å². The van der Waals surface area contributed by atoms with Crippen molar-refractivity contribution in [2.45, 2.75) is 44.9 Å². The van der Waals surface area contributed by atoms with E-state index in [4.69, 9.17) is 0 Å². The number of carbonyl (C=O) groups excluding carboxylic acids is 1. The first-order chi connectivity index (χ1) is 18.2. The third-order valence-corrected chi connectivity index (χ3v) is 8.78. The van der Waals surface area contributed by atoms with Gasteiger partial charge < -0.3 is 9.88 Å². The van der Waals surface area contributed by atoms with Crippen LogP contribution in [-0.4, -0.2) is 44.1 Å². The van der Waals surface area contributed by atoms with Crippen LogP contribution in [0, 0.1) is 17.0 Å². The lowest BCUT2D eigenvalue weighted by molar-refractivity contribution is 0.0640. The summed E-state index contributed by atoms with van der Waals surface area (Å²) in [5.74, 6) is -1.63. The van der Waals surface area contributed by atoms with Gasteiger partial charge in [0.05, 0.1) is 27.9 Å². The largest absolute Gasteiger partial charge is 0.335 e. The monoisotopic (exact) mass is 515 g/mol. The van der Waals surface area contributed by atoms with Crippen LogP contribution in [0.4, 0.5) is 8.78 Å². The first kappa shape index (κ1) is 24.3. The molecule has 38 heavy (non-hydrogen) atoms. The molecule has 0 radical (unpaired) electrons. The SMILES string of the molecule is CCN(C[C@@]12CC[C@@H](c3cc(-c4c(F)cccc4F)nnc31)C2(C)C)C(=O)c1nc2ccccc2c(=O)[nH]1. The van der Waals surface area contributed by atoms with Crippen molar-refractivity contribution in [2.75, 3.05) is 13.1 Å². The van der Waals surface area contributed by atoms with E-state index in [0.717, 1.165) is 24.1 Å². The Bertz CT molecular complexity index is 1650. The van der Waals surface area contributed by atoms with Crippen molar-refractivity contribution >= 4 is 16.8 Å². The van der Waals surface area contributed by atoms with Gasteiger partial charge >= 0.3 is 0 Å². The van der Waals surface area contributed by atoms with E-state index < -0.39 is 17.0 Å². The number of nitrogens with zero attached hydrogens (tertiary/aromatic N) is 4. The number of fused-ring (bicyclic) bond motifs is 6. The molecule has 1 amide bonds. The van der Waals surface area contributed by atoms with Crippen LogP contribution in [0.3, 0.4) is 0 Å². The summed E-state index contributed by atoms with van der Waals surface area (Å²) < 4.78 is 29.0. The molecule has 2 aromatic carbocycles. The van der Waals surface area contributed by atoms with E-state index >= 15 is 0 Å². The quantitative estimate of drug-likeness (QED) is 0.405. The highest BCUT2D eigenvalue weighted by Crippen LogP contribution is 2.67. The normalized spacial score (nSPS) is 21.0. The Morgan fingerprint density at radius 1 is 1.11 bits per heavy atom. The predicted molar refractivity (Wildman–Crippen MR) is 139 cm³/mol. The van der Waals surface area contributed by atoms with Crippen LogP contribution in [-0.2, 0) is 5.41 Å². The zero-order valence-corrected chi connectivity index (χ0v) is 21.4. The van der Waals surface area contributed by atoms with Crippen molar-refractivity contribution in [3.05, 3.63) is 87.6 Å². The second-order valence-corrected chi connectivity index (χ2v) is 10.8. The number of benzene rings is 2. The number of halogens is 2. The Kier molecular flexibility index (Phi) is 5.45. The van der Waals surface area contributed by atoms with Gasteiger partial charge in [0.15, 0.2) is 5.82 Å². The molecule has 0 spiro atoms. The van der Waals surface area contributed by atoms with Crippen molar-refractivity contribution in [3.63, 3.8) is 0 Å². The predicted octanol–water partition coefficient (Wildman–Crippen LogP) is 4.98. The van der Waals surface area contributed by atoms with E-state index in [-0.39, 0.29) is 39.9 Å². The maximum absolute atomic E-state index is 14.5. The standard InChI is InChI=1S/C29H27F2N5O2/c1-4-36(27(38)25-32-21-11-6-5-8-16(21)26(37)33-25)15-29-13-12-18(28(29,2)3)17-14-22(34-35-24(17)29)23-19(30)9-7-10-20(23)31/h5-11,14,18H,4,12-13,15H2,1-3H3,(H,32,33,37)/t18-,29-/m0/s1. The molecule has 2 heterocycles. The second-order valence-electron chi connectivity index (χ2n) is 10.8. The molecule has 7 nitrogen and oxygen atoms in total. The number of likely N-dealkylation sites (N-methyl/N-ethyl adjacent to an activating group) is 1. The summed E-state index contributed by atoms with van der Waals surface area (Å²) in [4.78, 5) is 35.0. The lowest BCUT2D eigenvalue weighted by atomic mass is 9.68. The average molecular weight is 516 g/mol. The van der Waals surface area contributed by atoms with Crippen molar-refractivity contribution in [1.82, 2.24) is 25.1 Å². The van der Waals surface area contributed by atoms with Crippen molar-refractivity contribution in [3.8, 4) is 11.3 Å². The minimum Gasteiger partial charge on any atom is -0.335 e. The van der Waals surface area contributed by atoms with Crippen LogP contribution in [0.15, 0.2) is 53.3 Å². The number of nitrogens with one attached hydrogen (secondary N) is 1. The maximum Gasteiger partial charge on any atom is 0.289 e. The third kappa shape index (κ3) is 3.33. The minimum absolute atomic E-state index is 0.00557. The van der Waals surface area contributed by atoms with Gasteiger partial charge in [0.1, 0.15) is 11.6 Å². The molecule has 2 aromatic heterocycles. The molecule has 0 saturated heterocycles. The van der Waals surface area contributed by atoms with E-state index in [0.29, 0.717) is 24.0 Å². The Morgan fingerprint density at radius 2 is 1.84 bits per heavy atom. The number of hydrogen-bond donors (Lipinski definition) is 1. The van der Waals surface area contributed by atoms with Gasteiger partial charge in [-0.05, 0) is 67.0 Å². The summed E-state index contributed by atoms with van der Waals surface area (Å²) in [6, 6.07) is 12.4. The van der Waals surface area contributed by atoms with E-state index in [1.54, 1.807) is 35.2 Å². The van der Waals surface area contributed by atoms with Gasteiger partial charge in [0.25, 0.3) is 11.5 Å². The second kappa shape index (κ2) is 8.51. The number of aromatic amines is 1. The summed E-state index contributed by atoms with van der Waals surface area (Å²) in [5, 5.41) is 9.23. The zero-order chi connectivity index (χ0) is 26.8. The molecule has 2 aliphatic rings. The molecular weight excluding hydrogens is 488 g/mol. The molecule has 2 atom stereocenters. The summed E-state index contributed by atoms with van der Waals surface area (Å²) in [6.07, 6.45) is 1.66. The number of carbonyl (C=O) groups is 1. The average Bonchev–Trinajstić information content (AvgIpc) is 3.26. The van der Waals surface area contributed by atoms with Crippen molar-refractivity contribution in [2.24, 2.45) is 5.41 Å². The lowest BCUT2D eigenvalue weighted by Crippen LogP contribution is -2.48. The molecule has 1 N–H and O–H groups in total. The molecule has 2 aliphatic carbocycles. The smallest absolute Gasteiger partial charge is 0.289 e. The van der Waals surface area contributed by atoms with E-state index in [2.05, 4.69) is 34.0 Å². The van der Waals surface area contributed by atoms with E-state index in [1.165, 1.54) is 18.2 Å². The molecule has 6 rings (SSSR count). The number of hydrogen-bond acceptors (Lipinski definition) is 5. The van der Waals surface area contributed by atoms with Gasteiger partial charge in [0, 0.05) is 18.5 Å². The van der Waals surface area contributed by atoms with Crippen molar-refractivity contribution < 1.29 is 13.6 Å². The van der Waals surface area contributed by atoms with Crippen LogP contribution in [0.2, 0.25) is 0 Å². The minimum atomic E-state index is -0.684. The molecule has 2 bridgehead atoms. The fourth-order valence-electron chi connectivity index (χ4n) is 6.63. The highest BCUT2D eigenvalue weighted by atomic mass is 19.1. The molecule has 0 aliphatic heterocycles. The Hall–Kier alpha value is -4.01. The molecular formula is C29H27F2N5O2. The summed E-state index contributed by atoms with van der Waals surface area (Å²) in [5.41, 5.74) is 0.983. The fraction of sp³-hybridized carbons (Fsp3) is 0.345. The fourth-order valence-corrected chi connectivity index (χ4v) is 6.63. The number of para-hydroxylation sites is 1. The zero-order valence-electron chi connectivity index (χ0n) is 21.4. The first-order valence-electron chi connectivity index (χ1n) is 12.8. The van der Waals surface area contributed by atoms with Crippen LogP contribution in [0.25, 0.3) is 22.2 Å². The molecule has 9 heteroatoms. The van der Waals surface area contributed by atoms with E-state index in [9.17, 15) is 18.4 Å². The molecule has 0 unspecified atom stereocenters. The maximum atomic E-state index is 14.5. The number of amides is 1. The number of rotatable bonds is 5. The first-order valence-corrected chi connectivity index (χ1v) is 12.8. The van der Waals surface area contributed by atoms with Gasteiger partial charge in [-0.3, -0.25) is 9.59 Å². The summed E-state index contributed by atoms with van der Waals surface area (Å²) in [7, 11) is 0. The molecule has 1 saturated carbocycles. The molecule has 194 valence electrons. The Labute approximate surface area is 217 Å². The van der Waals surface area contributed by atoms with Gasteiger partial charge in [-0.25, -0.2) is 13.8 Å². The lowest BCUT2D eigenvalue weighted by Gasteiger charge is -2.41. The van der Waals surface area contributed by atoms with Crippen LogP contribution >= 0.6 is 0 Å². The van der Waals surface area contributed by atoms with Crippen molar-refractivity contribution in [1.29, 1.82) is 0 Å². The van der Waals surface area contributed by atoms with Gasteiger partial charge in [0.2, 0.25) is 0 Å². The highest BCUT2D eigenvalue weighted by Gasteiger charge is 2.64. The van der Waals surface area contributed by atoms with Gasteiger partial charge in [-0.1, -0.05) is 32.0 Å². The van der Waals surface area contributed by atoms with Gasteiger partial charge in [-0.15, -0.1) is 0 Å². The molecule has 4 aromatic rings. The Morgan fingerprint density at radius 3 is 2.58 bits per heavy atom. The highest BCUT2D eigenvalue weighted by molar-refractivity contribution is 5.92. The van der Waals surface area contributed by atoms with E-state index in [1.807, 2.05) is 6.92 Å². The number of aromatic nitrogens is 4. The van der Waals surface area contributed by atoms with Crippen LogP contribution in [0.1, 0.15) is 61.4 Å². The third-order valence-electron chi connectivity index (χ3n) is 8.78. The van der Waals surface area contributed by atoms with Crippen LogP contribution in [0.5, 0.6) is 0 Å². The number of H-pyrrole nitrogens is 1. The van der Waals surface area contributed by atoms with Gasteiger partial charge in [-0.2, -0.15) is 10.2 Å². The summed E-state index contributed by atoms with van der Waals surface area (Å²) >= 11 is 0. The Balaban J connectivity index is 1.40. The molecule has 1 fully saturated rings. The summed E-state index contributed by atoms with van der Waals surface area (Å²) in [6.45, 7) is 6.96. The topological polar surface area (TPSA) is 91.8 Å².